The van der Waals surface area contributed by atoms with E-state index in [2.05, 4.69) is 80.8 Å². The lowest BCUT2D eigenvalue weighted by Crippen LogP contribution is -2.50. The average molecular weight is 341 g/mol. The van der Waals surface area contributed by atoms with E-state index in [0.29, 0.717) is 6.04 Å². The van der Waals surface area contributed by atoms with Crippen LogP contribution in [0.2, 0.25) is 0 Å². The average Bonchev–Trinajstić information content (AvgIpc) is 2.60. The molecule has 2 N–H and O–H groups in total. The molecule has 0 spiro atoms. The second-order valence-electron chi connectivity index (χ2n) is 7.58. The van der Waals surface area contributed by atoms with Gasteiger partial charge in [0.15, 0.2) is 0 Å². The fourth-order valence-electron chi connectivity index (χ4n) is 2.92. The summed E-state index contributed by atoms with van der Waals surface area (Å²) in [5.74, 6) is 0.892. The lowest BCUT2D eigenvalue weighted by atomic mass is 9.94. The molecule has 0 saturated carbocycles. The van der Waals surface area contributed by atoms with Crippen molar-refractivity contribution in [2.45, 2.75) is 51.7 Å². The zero-order valence-corrected chi connectivity index (χ0v) is 16.2. The molecule has 1 atom stereocenters. The Kier molecular flexibility index (Phi) is 7.03. The number of methoxy groups -OCH3 is 1. The predicted molar refractivity (Wildman–Crippen MR) is 106 cm³/mol. The molecule has 2 aromatic carbocycles. The zero-order chi connectivity index (χ0) is 18.3. The molecule has 0 unspecified atom stereocenters. The third-order valence-corrected chi connectivity index (χ3v) is 4.32. The van der Waals surface area contributed by atoms with E-state index in [-0.39, 0.29) is 11.6 Å². The van der Waals surface area contributed by atoms with E-state index < -0.39 is 0 Å². The summed E-state index contributed by atoms with van der Waals surface area (Å²) in [5, 5.41) is 7.39. The van der Waals surface area contributed by atoms with Crippen LogP contribution in [0.15, 0.2) is 54.6 Å². The molecule has 0 aliphatic rings. The van der Waals surface area contributed by atoms with Crippen molar-refractivity contribution in [3.63, 3.8) is 0 Å². The van der Waals surface area contributed by atoms with Crippen molar-refractivity contribution in [3.8, 4) is 5.75 Å². The van der Waals surface area contributed by atoms with E-state index in [1.807, 2.05) is 12.1 Å². The normalized spacial score (nSPS) is 13.0. The molecule has 3 nitrogen and oxygen atoms in total. The van der Waals surface area contributed by atoms with E-state index in [9.17, 15) is 0 Å². The molecule has 136 valence electrons. The van der Waals surface area contributed by atoms with Crippen LogP contribution in [0, 0.1) is 0 Å². The van der Waals surface area contributed by atoms with Gasteiger partial charge in [0.05, 0.1) is 7.11 Å². The molecule has 2 aromatic rings. The van der Waals surface area contributed by atoms with Crippen molar-refractivity contribution < 1.29 is 4.74 Å². The van der Waals surface area contributed by atoms with Crippen LogP contribution >= 0.6 is 0 Å². The highest BCUT2D eigenvalue weighted by Gasteiger charge is 2.23. The molecule has 0 aliphatic carbocycles. The number of nitrogens with one attached hydrogen (secondary N) is 2. The lowest BCUT2D eigenvalue weighted by Gasteiger charge is -2.33. The van der Waals surface area contributed by atoms with Crippen molar-refractivity contribution >= 4 is 0 Å². The van der Waals surface area contributed by atoms with Crippen LogP contribution in [0.3, 0.4) is 0 Å². The van der Waals surface area contributed by atoms with Crippen molar-refractivity contribution in [2.75, 3.05) is 13.7 Å². The summed E-state index contributed by atoms with van der Waals surface area (Å²) < 4.78 is 5.30. The summed E-state index contributed by atoms with van der Waals surface area (Å²) in [6, 6.07) is 19.8. The molecule has 2 rings (SSSR count). The van der Waals surface area contributed by atoms with Crippen LogP contribution in [0.5, 0.6) is 5.75 Å². The van der Waals surface area contributed by atoms with Gasteiger partial charge < -0.3 is 15.4 Å². The number of hydrogen-bond donors (Lipinski definition) is 2. The first kappa shape index (κ1) is 19.5. The van der Waals surface area contributed by atoms with E-state index >= 15 is 0 Å². The Balaban J connectivity index is 2.18. The first-order chi connectivity index (χ1) is 11.9. The van der Waals surface area contributed by atoms with E-state index in [1.54, 1.807) is 7.11 Å². The Morgan fingerprint density at radius 3 is 2.16 bits per heavy atom. The standard InChI is InChI=1S/C22H32N2O/c1-17(2)23-16-22(3,4)24-21(15-18-9-7-6-8-10-18)19-11-13-20(25-5)14-12-19/h6-14,17,21,23-24H,15-16H2,1-5H3/t21-/m1/s1. The van der Waals surface area contributed by atoms with Crippen molar-refractivity contribution in [1.82, 2.24) is 10.6 Å². The van der Waals surface area contributed by atoms with Gasteiger partial charge in [-0.05, 0) is 43.5 Å². The molecule has 0 radical (unpaired) electrons. The van der Waals surface area contributed by atoms with Gasteiger partial charge in [-0.3, -0.25) is 0 Å². The van der Waals surface area contributed by atoms with Crippen molar-refractivity contribution in [2.24, 2.45) is 0 Å². The van der Waals surface area contributed by atoms with Crippen LogP contribution in [-0.4, -0.2) is 25.2 Å². The summed E-state index contributed by atoms with van der Waals surface area (Å²) in [4.78, 5) is 0. The zero-order valence-electron chi connectivity index (χ0n) is 16.2. The molecule has 0 amide bonds. The fourth-order valence-corrected chi connectivity index (χ4v) is 2.92. The van der Waals surface area contributed by atoms with E-state index in [1.165, 1.54) is 11.1 Å². The molecule has 0 heterocycles. The first-order valence-corrected chi connectivity index (χ1v) is 9.08. The van der Waals surface area contributed by atoms with Crippen LogP contribution in [0.4, 0.5) is 0 Å². The Morgan fingerprint density at radius 2 is 1.60 bits per heavy atom. The minimum absolute atomic E-state index is 0.0103. The number of ether oxygens (including phenoxy) is 1. The molecule has 25 heavy (non-hydrogen) atoms. The molecular formula is C22H32N2O. The van der Waals surface area contributed by atoms with Gasteiger partial charge in [-0.15, -0.1) is 0 Å². The molecule has 0 fully saturated rings. The summed E-state index contributed by atoms with van der Waals surface area (Å²) in [6.07, 6.45) is 0.957. The van der Waals surface area contributed by atoms with Crippen LogP contribution < -0.4 is 15.4 Å². The topological polar surface area (TPSA) is 33.3 Å². The maximum absolute atomic E-state index is 5.30. The molecular weight excluding hydrogens is 308 g/mol. The van der Waals surface area contributed by atoms with Gasteiger partial charge in [0.25, 0.3) is 0 Å². The second-order valence-corrected chi connectivity index (χ2v) is 7.58. The van der Waals surface area contributed by atoms with Gasteiger partial charge in [0.2, 0.25) is 0 Å². The highest BCUT2D eigenvalue weighted by molar-refractivity contribution is 5.31. The van der Waals surface area contributed by atoms with Gasteiger partial charge in [-0.25, -0.2) is 0 Å². The maximum Gasteiger partial charge on any atom is 0.118 e. The van der Waals surface area contributed by atoms with E-state index in [0.717, 1.165) is 18.7 Å². The predicted octanol–water partition coefficient (Wildman–Crippen LogP) is 4.35. The molecule has 0 aromatic heterocycles. The first-order valence-electron chi connectivity index (χ1n) is 9.08. The highest BCUT2D eigenvalue weighted by atomic mass is 16.5. The van der Waals surface area contributed by atoms with Crippen LogP contribution in [0.25, 0.3) is 0 Å². The van der Waals surface area contributed by atoms with Gasteiger partial charge in [0.1, 0.15) is 5.75 Å². The number of hydrogen-bond acceptors (Lipinski definition) is 3. The Morgan fingerprint density at radius 1 is 0.960 bits per heavy atom. The second kappa shape index (κ2) is 9.02. The van der Waals surface area contributed by atoms with Gasteiger partial charge in [-0.2, -0.15) is 0 Å². The van der Waals surface area contributed by atoms with Gasteiger partial charge in [-0.1, -0.05) is 56.3 Å². The van der Waals surface area contributed by atoms with Crippen molar-refractivity contribution in [1.29, 1.82) is 0 Å². The molecule has 3 heteroatoms. The number of benzene rings is 2. The quantitative estimate of drug-likeness (QED) is 0.712. The monoisotopic (exact) mass is 340 g/mol. The lowest BCUT2D eigenvalue weighted by molar-refractivity contribution is 0.311. The van der Waals surface area contributed by atoms with Gasteiger partial charge in [0, 0.05) is 24.2 Å². The minimum atomic E-state index is -0.0103. The smallest absolute Gasteiger partial charge is 0.118 e. The molecule has 0 aliphatic heterocycles. The fraction of sp³-hybridized carbons (Fsp3) is 0.455. The third-order valence-electron chi connectivity index (χ3n) is 4.32. The summed E-state index contributed by atoms with van der Waals surface area (Å²) >= 11 is 0. The Bertz CT molecular complexity index is 620. The van der Waals surface area contributed by atoms with Gasteiger partial charge >= 0.3 is 0 Å². The maximum atomic E-state index is 5.30. The highest BCUT2D eigenvalue weighted by Crippen LogP contribution is 2.24. The van der Waals surface area contributed by atoms with E-state index in [4.69, 9.17) is 4.74 Å². The SMILES string of the molecule is COc1ccc([C@@H](Cc2ccccc2)NC(C)(C)CNC(C)C)cc1. The Hall–Kier alpha value is -1.84. The van der Waals surface area contributed by atoms with Crippen molar-refractivity contribution in [3.05, 3.63) is 65.7 Å². The van der Waals surface area contributed by atoms with Crippen LogP contribution in [0.1, 0.15) is 44.9 Å². The summed E-state index contributed by atoms with van der Waals surface area (Å²) in [5.41, 5.74) is 2.61. The van der Waals surface area contributed by atoms with Crippen LogP contribution in [-0.2, 0) is 6.42 Å². The minimum Gasteiger partial charge on any atom is -0.497 e. The summed E-state index contributed by atoms with van der Waals surface area (Å²) in [7, 11) is 1.70. The molecule has 0 saturated heterocycles. The third kappa shape index (κ3) is 6.52. The Labute approximate surface area is 152 Å². The molecule has 0 bridgehead atoms. The summed E-state index contributed by atoms with van der Waals surface area (Å²) in [6.45, 7) is 9.79. The largest absolute Gasteiger partial charge is 0.497 e. The number of rotatable bonds is 9.